The molecule has 0 saturated heterocycles. The number of nitrogens with two attached hydrogens (primary N) is 1. The second-order valence-electron chi connectivity index (χ2n) is 4.32. The highest BCUT2D eigenvalue weighted by Crippen LogP contribution is 2.21. The Labute approximate surface area is 105 Å². The zero-order valence-electron chi connectivity index (χ0n) is 9.98. The Kier molecular flexibility index (Phi) is 3.26. The molecule has 17 heavy (non-hydrogen) atoms. The van der Waals surface area contributed by atoms with Crippen LogP contribution in [0.3, 0.4) is 0 Å². The first-order valence-electron chi connectivity index (χ1n) is 5.66. The molecule has 5 heteroatoms. The van der Waals surface area contributed by atoms with Crippen molar-refractivity contribution in [3.05, 3.63) is 33.7 Å². The van der Waals surface area contributed by atoms with E-state index in [4.69, 9.17) is 17.3 Å². The van der Waals surface area contributed by atoms with E-state index in [2.05, 4.69) is 0 Å². The van der Waals surface area contributed by atoms with Crippen molar-refractivity contribution in [2.24, 2.45) is 5.73 Å². The summed E-state index contributed by atoms with van der Waals surface area (Å²) in [6, 6.07) is 5.61. The van der Waals surface area contributed by atoms with E-state index in [9.17, 15) is 4.79 Å². The van der Waals surface area contributed by atoms with Crippen molar-refractivity contribution in [2.75, 3.05) is 6.54 Å². The smallest absolute Gasteiger partial charge is 0.329 e. The molecule has 0 spiro atoms. The Morgan fingerprint density at radius 3 is 2.65 bits per heavy atom. The maximum absolute atomic E-state index is 12.3. The van der Waals surface area contributed by atoms with Crippen molar-refractivity contribution in [3.63, 3.8) is 0 Å². The summed E-state index contributed by atoms with van der Waals surface area (Å²) in [4.78, 5) is 12.3. The van der Waals surface area contributed by atoms with Crippen LogP contribution in [0.1, 0.15) is 19.9 Å². The second kappa shape index (κ2) is 4.55. The summed E-state index contributed by atoms with van der Waals surface area (Å²) in [5, 5.41) is 0.629. The molecule has 4 nitrogen and oxygen atoms in total. The maximum Gasteiger partial charge on any atom is 0.329 e. The SMILES string of the molecule is CC(C)n1c(=O)n(CCN)c2cc(Cl)ccc21. The van der Waals surface area contributed by atoms with Gasteiger partial charge in [0.25, 0.3) is 0 Å². The van der Waals surface area contributed by atoms with Gasteiger partial charge in [0.1, 0.15) is 0 Å². The molecule has 0 atom stereocenters. The van der Waals surface area contributed by atoms with Gasteiger partial charge in [0.05, 0.1) is 11.0 Å². The van der Waals surface area contributed by atoms with Gasteiger partial charge in [0, 0.05) is 24.2 Å². The Bertz CT molecular complexity index is 598. The standard InChI is InChI=1S/C12H16ClN3O/c1-8(2)16-10-4-3-9(13)7-11(10)15(6-5-14)12(16)17/h3-4,7-8H,5-6,14H2,1-2H3. The summed E-state index contributed by atoms with van der Waals surface area (Å²) >= 11 is 5.98. The Morgan fingerprint density at radius 2 is 2.06 bits per heavy atom. The summed E-state index contributed by atoms with van der Waals surface area (Å²) in [7, 11) is 0. The molecule has 2 rings (SSSR count). The minimum Gasteiger partial charge on any atom is -0.329 e. The molecule has 2 aromatic rings. The van der Waals surface area contributed by atoms with Gasteiger partial charge in [0.2, 0.25) is 0 Å². The highest BCUT2D eigenvalue weighted by Gasteiger charge is 2.14. The van der Waals surface area contributed by atoms with E-state index in [1.54, 1.807) is 15.2 Å². The lowest BCUT2D eigenvalue weighted by Crippen LogP contribution is -2.27. The van der Waals surface area contributed by atoms with Gasteiger partial charge in [-0.15, -0.1) is 0 Å². The fourth-order valence-corrected chi connectivity index (χ4v) is 2.26. The molecule has 0 radical (unpaired) electrons. The molecule has 92 valence electrons. The third-order valence-electron chi connectivity index (χ3n) is 2.79. The molecular formula is C12H16ClN3O. The fourth-order valence-electron chi connectivity index (χ4n) is 2.10. The van der Waals surface area contributed by atoms with Gasteiger partial charge in [0.15, 0.2) is 0 Å². The van der Waals surface area contributed by atoms with Crippen molar-refractivity contribution in [3.8, 4) is 0 Å². The fraction of sp³-hybridized carbons (Fsp3) is 0.417. The van der Waals surface area contributed by atoms with Crippen molar-refractivity contribution >= 4 is 22.6 Å². The van der Waals surface area contributed by atoms with E-state index in [0.29, 0.717) is 18.1 Å². The zero-order chi connectivity index (χ0) is 12.6. The number of halogens is 1. The molecule has 0 aliphatic carbocycles. The van der Waals surface area contributed by atoms with Crippen LogP contribution < -0.4 is 11.4 Å². The van der Waals surface area contributed by atoms with Crippen LogP contribution in [-0.2, 0) is 6.54 Å². The molecule has 0 amide bonds. The van der Waals surface area contributed by atoms with Crippen molar-refractivity contribution in [2.45, 2.75) is 26.4 Å². The molecule has 1 heterocycles. The molecular weight excluding hydrogens is 238 g/mol. The molecule has 0 unspecified atom stereocenters. The highest BCUT2D eigenvalue weighted by molar-refractivity contribution is 6.31. The lowest BCUT2D eigenvalue weighted by molar-refractivity contribution is 0.566. The summed E-state index contributed by atoms with van der Waals surface area (Å²) < 4.78 is 3.45. The number of aromatic nitrogens is 2. The molecule has 0 fully saturated rings. The Balaban J connectivity index is 2.83. The first kappa shape index (κ1) is 12.2. The van der Waals surface area contributed by atoms with Gasteiger partial charge < -0.3 is 5.73 Å². The van der Waals surface area contributed by atoms with E-state index in [1.165, 1.54) is 0 Å². The Hall–Kier alpha value is -1.26. The lowest BCUT2D eigenvalue weighted by atomic mass is 10.3. The van der Waals surface area contributed by atoms with Crippen molar-refractivity contribution in [1.29, 1.82) is 0 Å². The molecule has 1 aromatic carbocycles. The van der Waals surface area contributed by atoms with E-state index in [-0.39, 0.29) is 11.7 Å². The van der Waals surface area contributed by atoms with Crippen LogP contribution in [-0.4, -0.2) is 15.7 Å². The number of hydrogen-bond donors (Lipinski definition) is 1. The average molecular weight is 254 g/mol. The van der Waals surface area contributed by atoms with E-state index < -0.39 is 0 Å². The number of nitrogens with zero attached hydrogens (tertiary/aromatic N) is 2. The number of hydrogen-bond acceptors (Lipinski definition) is 2. The molecule has 1 aromatic heterocycles. The number of imidazole rings is 1. The van der Waals surface area contributed by atoms with Gasteiger partial charge >= 0.3 is 5.69 Å². The van der Waals surface area contributed by atoms with Crippen LogP contribution in [0.2, 0.25) is 5.02 Å². The predicted octanol–water partition coefficient (Wildman–Crippen LogP) is 2.00. The first-order valence-corrected chi connectivity index (χ1v) is 6.04. The van der Waals surface area contributed by atoms with Crippen LogP contribution in [0.15, 0.2) is 23.0 Å². The Morgan fingerprint density at radius 1 is 1.35 bits per heavy atom. The van der Waals surface area contributed by atoms with Crippen molar-refractivity contribution < 1.29 is 0 Å². The van der Waals surface area contributed by atoms with Gasteiger partial charge in [-0.1, -0.05) is 11.6 Å². The summed E-state index contributed by atoms with van der Waals surface area (Å²) in [5.41, 5.74) is 7.27. The lowest BCUT2D eigenvalue weighted by Gasteiger charge is -2.06. The normalized spacial score (nSPS) is 11.6. The second-order valence-corrected chi connectivity index (χ2v) is 4.76. The molecule has 0 aliphatic heterocycles. The van der Waals surface area contributed by atoms with E-state index in [1.807, 2.05) is 26.0 Å². The van der Waals surface area contributed by atoms with Crippen LogP contribution >= 0.6 is 11.6 Å². The number of fused-ring (bicyclic) bond motifs is 1. The van der Waals surface area contributed by atoms with Gasteiger partial charge in [-0.25, -0.2) is 4.79 Å². The third kappa shape index (κ3) is 1.98. The monoisotopic (exact) mass is 253 g/mol. The van der Waals surface area contributed by atoms with Crippen LogP contribution in [0.25, 0.3) is 11.0 Å². The van der Waals surface area contributed by atoms with Crippen LogP contribution in [0, 0.1) is 0 Å². The number of benzene rings is 1. The minimum atomic E-state index is -0.0253. The molecule has 0 saturated carbocycles. The molecule has 0 aliphatic rings. The van der Waals surface area contributed by atoms with Gasteiger partial charge in [-0.05, 0) is 32.0 Å². The molecule has 2 N–H and O–H groups in total. The first-order chi connectivity index (χ1) is 8.06. The van der Waals surface area contributed by atoms with Gasteiger partial charge in [-0.3, -0.25) is 9.13 Å². The van der Waals surface area contributed by atoms with Crippen molar-refractivity contribution in [1.82, 2.24) is 9.13 Å². The minimum absolute atomic E-state index is 0.0253. The zero-order valence-corrected chi connectivity index (χ0v) is 10.7. The van der Waals surface area contributed by atoms with Crippen LogP contribution in [0.4, 0.5) is 0 Å². The number of rotatable bonds is 3. The summed E-state index contributed by atoms with van der Waals surface area (Å²) in [5.74, 6) is 0. The van der Waals surface area contributed by atoms with E-state index >= 15 is 0 Å². The molecule has 0 bridgehead atoms. The maximum atomic E-state index is 12.3. The largest absolute Gasteiger partial charge is 0.329 e. The quantitative estimate of drug-likeness (QED) is 0.910. The van der Waals surface area contributed by atoms with Crippen LogP contribution in [0.5, 0.6) is 0 Å². The van der Waals surface area contributed by atoms with Gasteiger partial charge in [-0.2, -0.15) is 0 Å². The highest BCUT2D eigenvalue weighted by atomic mass is 35.5. The summed E-state index contributed by atoms with van der Waals surface area (Å²) in [6.45, 7) is 4.92. The van der Waals surface area contributed by atoms with E-state index in [0.717, 1.165) is 11.0 Å². The summed E-state index contributed by atoms with van der Waals surface area (Å²) in [6.07, 6.45) is 0. The third-order valence-corrected chi connectivity index (χ3v) is 3.03. The topological polar surface area (TPSA) is 53.0 Å². The predicted molar refractivity (Wildman–Crippen MR) is 70.6 cm³/mol. The average Bonchev–Trinajstić information content (AvgIpc) is 2.53.